The highest BCUT2D eigenvalue weighted by Crippen LogP contribution is 2.14. The SMILES string of the molecule is COC(=O)/C=C/C[C@@H](CCO)OCc1ccc(OC)cc1. The molecule has 1 aromatic rings. The van der Waals surface area contributed by atoms with Crippen molar-refractivity contribution in [3.05, 3.63) is 42.0 Å². The standard InChI is InChI=1S/C16H22O5/c1-19-14-8-6-13(7-9-14)12-21-15(10-11-17)4-3-5-16(18)20-2/h3,5-9,15,17H,4,10-12H2,1-2H3/b5-3+/t15-/m0/s1. The van der Waals surface area contributed by atoms with Gasteiger partial charge in [0.05, 0.1) is 26.9 Å². The van der Waals surface area contributed by atoms with E-state index in [2.05, 4.69) is 4.74 Å². The highest BCUT2D eigenvalue weighted by molar-refractivity contribution is 5.81. The predicted octanol–water partition coefficient (Wildman–Crippen LogP) is 2.08. The van der Waals surface area contributed by atoms with Gasteiger partial charge in [-0.05, 0) is 30.5 Å². The fourth-order valence-electron chi connectivity index (χ4n) is 1.73. The second kappa shape index (κ2) is 9.96. The van der Waals surface area contributed by atoms with Gasteiger partial charge in [-0.25, -0.2) is 4.79 Å². The first-order chi connectivity index (χ1) is 10.2. The number of benzene rings is 1. The minimum absolute atomic E-state index is 0.0410. The molecule has 5 heteroatoms. The average Bonchev–Trinajstić information content (AvgIpc) is 2.52. The van der Waals surface area contributed by atoms with Gasteiger partial charge >= 0.3 is 5.97 Å². The lowest BCUT2D eigenvalue weighted by atomic mass is 10.1. The summed E-state index contributed by atoms with van der Waals surface area (Å²) >= 11 is 0. The van der Waals surface area contributed by atoms with Crippen LogP contribution in [0.25, 0.3) is 0 Å². The molecule has 5 nitrogen and oxygen atoms in total. The predicted molar refractivity (Wildman–Crippen MR) is 79.0 cm³/mol. The molecule has 116 valence electrons. The Bertz CT molecular complexity index is 438. The molecule has 1 N–H and O–H groups in total. The molecule has 0 aliphatic carbocycles. The highest BCUT2D eigenvalue weighted by atomic mass is 16.5. The molecule has 1 aromatic carbocycles. The molecule has 21 heavy (non-hydrogen) atoms. The number of esters is 1. The van der Waals surface area contributed by atoms with E-state index in [1.807, 2.05) is 24.3 Å². The number of rotatable bonds is 9. The van der Waals surface area contributed by atoms with Crippen LogP contribution in [-0.4, -0.2) is 38.0 Å². The molecular weight excluding hydrogens is 272 g/mol. The third-order valence-electron chi connectivity index (χ3n) is 2.95. The summed E-state index contributed by atoms with van der Waals surface area (Å²) in [4.78, 5) is 11.0. The van der Waals surface area contributed by atoms with Crippen LogP contribution >= 0.6 is 0 Å². The van der Waals surface area contributed by atoms with Crippen LogP contribution in [0.4, 0.5) is 0 Å². The van der Waals surface area contributed by atoms with E-state index in [1.165, 1.54) is 13.2 Å². The van der Waals surface area contributed by atoms with E-state index >= 15 is 0 Å². The van der Waals surface area contributed by atoms with Gasteiger partial charge in [0, 0.05) is 12.7 Å². The monoisotopic (exact) mass is 294 g/mol. The zero-order valence-corrected chi connectivity index (χ0v) is 12.5. The zero-order valence-electron chi connectivity index (χ0n) is 12.5. The maximum atomic E-state index is 11.0. The number of aliphatic hydroxyl groups excluding tert-OH is 1. The third-order valence-corrected chi connectivity index (χ3v) is 2.95. The van der Waals surface area contributed by atoms with E-state index in [9.17, 15) is 4.79 Å². The summed E-state index contributed by atoms with van der Waals surface area (Å²) in [7, 11) is 2.95. The van der Waals surface area contributed by atoms with Crippen molar-refractivity contribution < 1.29 is 24.1 Å². The van der Waals surface area contributed by atoms with Gasteiger partial charge in [-0.2, -0.15) is 0 Å². The van der Waals surface area contributed by atoms with E-state index in [-0.39, 0.29) is 12.7 Å². The summed E-state index contributed by atoms with van der Waals surface area (Å²) in [5, 5.41) is 9.04. The van der Waals surface area contributed by atoms with Crippen molar-refractivity contribution in [1.82, 2.24) is 0 Å². The summed E-state index contributed by atoms with van der Waals surface area (Å²) in [5.41, 5.74) is 1.02. The minimum Gasteiger partial charge on any atom is -0.497 e. The second-order valence-corrected chi connectivity index (χ2v) is 4.45. The molecule has 0 bridgehead atoms. The minimum atomic E-state index is -0.395. The molecule has 1 atom stereocenters. The summed E-state index contributed by atoms with van der Waals surface area (Å²) in [6, 6.07) is 7.60. The van der Waals surface area contributed by atoms with Crippen molar-refractivity contribution in [1.29, 1.82) is 0 Å². The first-order valence-corrected chi connectivity index (χ1v) is 6.79. The summed E-state index contributed by atoms with van der Waals surface area (Å²) in [6.07, 6.45) is 3.98. The lowest BCUT2D eigenvalue weighted by molar-refractivity contribution is -0.134. The van der Waals surface area contributed by atoms with Crippen LogP contribution in [0, 0.1) is 0 Å². The molecule has 0 fully saturated rings. The maximum absolute atomic E-state index is 11.0. The van der Waals surface area contributed by atoms with Gasteiger partial charge in [0.25, 0.3) is 0 Å². The number of hydrogen-bond acceptors (Lipinski definition) is 5. The van der Waals surface area contributed by atoms with Crippen molar-refractivity contribution >= 4 is 5.97 Å². The molecule has 0 saturated heterocycles. The van der Waals surface area contributed by atoms with Gasteiger partial charge in [-0.3, -0.25) is 0 Å². The van der Waals surface area contributed by atoms with Gasteiger partial charge in [0.15, 0.2) is 0 Å². The molecule has 0 unspecified atom stereocenters. The van der Waals surface area contributed by atoms with Gasteiger partial charge in [0.2, 0.25) is 0 Å². The molecule has 0 heterocycles. The summed E-state index contributed by atoms with van der Waals surface area (Å²) in [6.45, 7) is 0.486. The fraction of sp³-hybridized carbons (Fsp3) is 0.438. The number of ether oxygens (including phenoxy) is 3. The van der Waals surface area contributed by atoms with Crippen molar-refractivity contribution in [2.75, 3.05) is 20.8 Å². The largest absolute Gasteiger partial charge is 0.497 e. The van der Waals surface area contributed by atoms with Crippen molar-refractivity contribution in [2.45, 2.75) is 25.6 Å². The maximum Gasteiger partial charge on any atom is 0.330 e. The third kappa shape index (κ3) is 6.92. The van der Waals surface area contributed by atoms with E-state index < -0.39 is 5.97 Å². The van der Waals surface area contributed by atoms with Crippen LogP contribution in [0.1, 0.15) is 18.4 Å². The Hall–Kier alpha value is -1.85. The quantitative estimate of drug-likeness (QED) is 0.558. The Balaban J connectivity index is 2.45. The number of methoxy groups -OCH3 is 2. The molecule has 0 radical (unpaired) electrons. The Kier molecular flexibility index (Phi) is 8.16. The molecule has 0 aromatic heterocycles. The van der Waals surface area contributed by atoms with Crippen molar-refractivity contribution in [3.63, 3.8) is 0 Å². The molecule has 0 amide bonds. The van der Waals surface area contributed by atoms with Crippen LogP contribution < -0.4 is 4.74 Å². The molecule has 1 rings (SSSR count). The zero-order chi connectivity index (χ0) is 15.5. The van der Waals surface area contributed by atoms with Gasteiger partial charge in [-0.15, -0.1) is 0 Å². The first-order valence-electron chi connectivity index (χ1n) is 6.79. The van der Waals surface area contributed by atoms with Gasteiger partial charge < -0.3 is 19.3 Å². The molecule has 0 spiro atoms. The van der Waals surface area contributed by atoms with E-state index in [4.69, 9.17) is 14.6 Å². The lowest BCUT2D eigenvalue weighted by Crippen LogP contribution is -2.14. The molecule has 0 aliphatic heterocycles. The number of carbonyl (C=O) groups excluding carboxylic acids is 1. The normalized spacial score (nSPS) is 12.3. The number of carbonyl (C=O) groups is 1. The lowest BCUT2D eigenvalue weighted by Gasteiger charge is -2.15. The van der Waals surface area contributed by atoms with Crippen molar-refractivity contribution in [2.24, 2.45) is 0 Å². The Labute approximate surface area is 125 Å². The van der Waals surface area contributed by atoms with Crippen LogP contribution in [0.3, 0.4) is 0 Å². The average molecular weight is 294 g/mol. The van der Waals surface area contributed by atoms with E-state index in [0.29, 0.717) is 19.4 Å². The number of aliphatic hydroxyl groups is 1. The van der Waals surface area contributed by atoms with E-state index in [0.717, 1.165) is 11.3 Å². The number of hydrogen-bond donors (Lipinski definition) is 1. The van der Waals surface area contributed by atoms with Crippen LogP contribution in [0.5, 0.6) is 5.75 Å². The first kappa shape index (κ1) is 17.2. The topological polar surface area (TPSA) is 65.0 Å². The Morgan fingerprint density at radius 1 is 1.29 bits per heavy atom. The molecular formula is C16H22O5. The fourth-order valence-corrected chi connectivity index (χ4v) is 1.73. The van der Waals surface area contributed by atoms with Crippen LogP contribution in [-0.2, 0) is 20.9 Å². The summed E-state index contributed by atoms with van der Waals surface area (Å²) in [5.74, 6) is 0.402. The van der Waals surface area contributed by atoms with Crippen LogP contribution in [0.2, 0.25) is 0 Å². The van der Waals surface area contributed by atoms with Crippen molar-refractivity contribution in [3.8, 4) is 5.75 Å². The highest BCUT2D eigenvalue weighted by Gasteiger charge is 2.07. The van der Waals surface area contributed by atoms with Crippen LogP contribution in [0.15, 0.2) is 36.4 Å². The van der Waals surface area contributed by atoms with Gasteiger partial charge in [-0.1, -0.05) is 18.2 Å². The Morgan fingerprint density at radius 3 is 2.57 bits per heavy atom. The molecule has 0 saturated carbocycles. The van der Waals surface area contributed by atoms with Gasteiger partial charge in [0.1, 0.15) is 5.75 Å². The van der Waals surface area contributed by atoms with E-state index in [1.54, 1.807) is 13.2 Å². The summed E-state index contributed by atoms with van der Waals surface area (Å²) < 4.78 is 15.4. The smallest absolute Gasteiger partial charge is 0.330 e. The second-order valence-electron chi connectivity index (χ2n) is 4.45. The molecule has 0 aliphatic rings. The Morgan fingerprint density at radius 2 is 2.00 bits per heavy atom.